The molecule has 0 bridgehead atoms. The number of hydrogen-bond acceptors (Lipinski definition) is 3. The first-order valence-electron chi connectivity index (χ1n) is 8.82. The fourth-order valence-electron chi connectivity index (χ4n) is 3.46. The molecule has 1 N–H and O–H groups in total. The molecule has 1 unspecified atom stereocenters. The van der Waals surface area contributed by atoms with Crippen LogP contribution < -0.4 is 5.32 Å². The molecule has 1 atom stereocenters. The van der Waals surface area contributed by atoms with Gasteiger partial charge in [0.2, 0.25) is 5.91 Å². The maximum atomic E-state index is 12.8. The van der Waals surface area contributed by atoms with E-state index in [9.17, 15) is 22.8 Å². The SMILES string of the molecule is Cl.O=C(c1cccc(C(F)(F)F)c1)N1CCN(C(=O)C2CCCNC2)CC1. The van der Waals surface area contributed by atoms with Crippen LogP contribution in [0.1, 0.15) is 28.8 Å². The van der Waals surface area contributed by atoms with Gasteiger partial charge in [-0.3, -0.25) is 9.59 Å². The summed E-state index contributed by atoms with van der Waals surface area (Å²) in [6, 6.07) is 4.47. The summed E-state index contributed by atoms with van der Waals surface area (Å²) in [5.41, 5.74) is -0.807. The maximum absolute atomic E-state index is 12.8. The van der Waals surface area contributed by atoms with Gasteiger partial charge in [0.15, 0.2) is 0 Å². The Balaban J connectivity index is 0.00000261. The van der Waals surface area contributed by atoms with Gasteiger partial charge in [-0.25, -0.2) is 0 Å². The van der Waals surface area contributed by atoms with Gasteiger partial charge in [-0.05, 0) is 37.6 Å². The molecular weight excluding hydrogens is 383 g/mol. The molecule has 0 aliphatic carbocycles. The molecule has 2 fully saturated rings. The third kappa shape index (κ3) is 5.13. The number of piperazine rings is 1. The van der Waals surface area contributed by atoms with Crippen LogP contribution in [0.4, 0.5) is 13.2 Å². The second-order valence-corrected chi connectivity index (χ2v) is 6.74. The molecule has 1 aromatic carbocycles. The zero-order valence-corrected chi connectivity index (χ0v) is 15.6. The number of nitrogens with zero attached hydrogens (tertiary/aromatic N) is 2. The molecule has 2 heterocycles. The fraction of sp³-hybridized carbons (Fsp3) is 0.556. The van der Waals surface area contributed by atoms with Crippen molar-refractivity contribution in [2.24, 2.45) is 5.92 Å². The van der Waals surface area contributed by atoms with Crippen molar-refractivity contribution in [1.29, 1.82) is 0 Å². The third-order valence-corrected chi connectivity index (χ3v) is 4.96. The van der Waals surface area contributed by atoms with Crippen molar-refractivity contribution in [3.05, 3.63) is 35.4 Å². The summed E-state index contributed by atoms with van der Waals surface area (Å²) in [4.78, 5) is 28.3. The Morgan fingerprint density at radius 1 is 1.07 bits per heavy atom. The molecule has 2 amide bonds. The second-order valence-electron chi connectivity index (χ2n) is 6.74. The van der Waals surface area contributed by atoms with Crippen LogP contribution in [-0.2, 0) is 11.0 Å². The fourth-order valence-corrected chi connectivity index (χ4v) is 3.46. The van der Waals surface area contributed by atoms with E-state index in [2.05, 4.69) is 5.32 Å². The number of alkyl halides is 3. The van der Waals surface area contributed by atoms with Crippen LogP contribution >= 0.6 is 12.4 Å². The summed E-state index contributed by atoms with van der Waals surface area (Å²) in [6.45, 7) is 3.12. The Labute approximate surface area is 162 Å². The van der Waals surface area contributed by atoms with Gasteiger partial charge in [-0.15, -0.1) is 12.4 Å². The zero-order valence-electron chi connectivity index (χ0n) is 14.8. The molecule has 9 heteroatoms. The van der Waals surface area contributed by atoms with E-state index in [1.807, 2.05) is 0 Å². The lowest BCUT2D eigenvalue weighted by Crippen LogP contribution is -2.53. The minimum absolute atomic E-state index is 0. The van der Waals surface area contributed by atoms with Gasteiger partial charge in [0.25, 0.3) is 5.91 Å². The van der Waals surface area contributed by atoms with Crippen LogP contribution in [0.15, 0.2) is 24.3 Å². The van der Waals surface area contributed by atoms with E-state index in [0.717, 1.165) is 31.5 Å². The number of halogens is 4. The summed E-state index contributed by atoms with van der Waals surface area (Å²) in [5.74, 6) is -0.347. The Morgan fingerprint density at radius 3 is 2.33 bits per heavy atom. The molecule has 5 nitrogen and oxygen atoms in total. The summed E-state index contributed by atoms with van der Waals surface area (Å²) >= 11 is 0. The molecule has 0 aromatic heterocycles. The van der Waals surface area contributed by atoms with Crippen molar-refractivity contribution >= 4 is 24.2 Å². The largest absolute Gasteiger partial charge is 0.416 e. The predicted octanol–water partition coefficient (Wildman–Crippen LogP) is 2.41. The molecule has 1 aromatic rings. The normalized spacial score (nSPS) is 20.8. The number of hydrogen-bond donors (Lipinski definition) is 1. The summed E-state index contributed by atoms with van der Waals surface area (Å²) in [7, 11) is 0. The lowest BCUT2D eigenvalue weighted by Gasteiger charge is -2.37. The predicted molar refractivity (Wildman–Crippen MR) is 96.8 cm³/mol. The quantitative estimate of drug-likeness (QED) is 0.822. The average molecular weight is 406 g/mol. The zero-order chi connectivity index (χ0) is 18.7. The lowest BCUT2D eigenvalue weighted by atomic mass is 9.98. The molecule has 3 rings (SSSR count). The molecular formula is C18H23ClF3N3O2. The number of amides is 2. The van der Waals surface area contributed by atoms with Crippen LogP contribution in [0.5, 0.6) is 0 Å². The van der Waals surface area contributed by atoms with E-state index < -0.39 is 17.6 Å². The number of carbonyl (C=O) groups excluding carboxylic acids is 2. The minimum atomic E-state index is -4.48. The molecule has 0 spiro atoms. The first kappa shape index (κ1) is 21.5. The van der Waals surface area contributed by atoms with Crippen molar-refractivity contribution in [1.82, 2.24) is 15.1 Å². The van der Waals surface area contributed by atoms with E-state index in [-0.39, 0.29) is 29.8 Å². The topological polar surface area (TPSA) is 52.7 Å². The van der Waals surface area contributed by atoms with Crippen molar-refractivity contribution in [3.8, 4) is 0 Å². The van der Waals surface area contributed by atoms with E-state index >= 15 is 0 Å². The van der Waals surface area contributed by atoms with Gasteiger partial charge in [0.05, 0.1) is 11.5 Å². The summed E-state index contributed by atoms with van der Waals surface area (Å²) in [5, 5.41) is 3.22. The van der Waals surface area contributed by atoms with E-state index in [1.165, 1.54) is 17.0 Å². The number of rotatable bonds is 2. The van der Waals surface area contributed by atoms with Crippen LogP contribution in [0.25, 0.3) is 0 Å². The van der Waals surface area contributed by atoms with E-state index in [4.69, 9.17) is 0 Å². The highest BCUT2D eigenvalue weighted by Crippen LogP contribution is 2.29. The second kappa shape index (κ2) is 8.93. The number of nitrogens with one attached hydrogen (secondary N) is 1. The van der Waals surface area contributed by atoms with Crippen molar-refractivity contribution in [2.75, 3.05) is 39.3 Å². The van der Waals surface area contributed by atoms with Gasteiger partial charge in [0.1, 0.15) is 0 Å². The third-order valence-electron chi connectivity index (χ3n) is 4.96. The van der Waals surface area contributed by atoms with Gasteiger partial charge < -0.3 is 15.1 Å². The minimum Gasteiger partial charge on any atom is -0.339 e. The smallest absolute Gasteiger partial charge is 0.339 e. The van der Waals surface area contributed by atoms with Crippen LogP contribution in [-0.4, -0.2) is 60.9 Å². The number of carbonyl (C=O) groups is 2. The Hall–Kier alpha value is -1.80. The molecule has 0 radical (unpaired) electrons. The Bertz CT molecular complexity index is 670. The highest BCUT2D eigenvalue weighted by molar-refractivity contribution is 5.94. The van der Waals surface area contributed by atoms with Crippen LogP contribution in [0.3, 0.4) is 0 Å². The van der Waals surface area contributed by atoms with Crippen molar-refractivity contribution in [2.45, 2.75) is 19.0 Å². The van der Waals surface area contributed by atoms with Crippen molar-refractivity contribution < 1.29 is 22.8 Å². The monoisotopic (exact) mass is 405 g/mol. The first-order chi connectivity index (χ1) is 12.4. The van der Waals surface area contributed by atoms with Gasteiger partial charge in [-0.1, -0.05) is 6.07 Å². The number of benzene rings is 1. The standard InChI is InChI=1S/C18H22F3N3O2.ClH/c19-18(20,21)15-5-1-3-13(11-15)16(25)23-7-9-24(10-8-23)17(26)14-4-2-6-22-12-14;/h1,3,5,11,14,22H,2,4,6-10,12H2;1H. The van der Waals surface area contributed by atoms with Crippen LogP contribution in [0, 0.1) is 5.92 Å². The Morgan fingerprint density at radius 2 is 1.74 bits per heavy atom. The molecule has 2 aliphatic heterocycles. The van der Waals surface area contributed by atoms with E-state index in [1.54, 1.807) is 4.90 Å². The van der Waals surface area contributed by atoms with Gasteiger partial charge >= 0.3 is 6.18 Å². The van der Waals surface area contributed by atoms with E-state index in [0.29, 0.717) is 32.7 Å². The van der Waals surface area contributed by atoms with Gasteiger partial charge in [0, 0.05) is 38.3 Å². The van der Waals surface area contributed by atoms with Crippen LogP contribution in [0.2, 0.25) is 0 Å². The summed E-state index contributed by atoms with van der Waals surface area (Å²) in [6.07, 6.45) is -2.63. The number of piperidine rings is 1. The molecule has 2 saturated heterocycles. The highest BCUT2D eigenvalue weighted by Gasteiger charge is 2.33. The molecule has 2 aliphatic rings. The highest BCUT2D eigenvalue weighted by atomic mass is 35.5. The summed E-state index contributed by atoms with van der Waals surface area (Å²) < 4.78 is 38.4. The first-order valence-corrected chi connectivity index (χ1v) is 8.82. The lowest BCUT2D eigenvalue weighted by molar-refractivity contribution is -0.138. The van der Waals surface area contributed by atoms with Crippen molar-refractivity contribution in [3.63, 3.8) is 0 Å². The Kier molecular flexibility index (Phi) is 7.11. The molecule has 150 valence electrons. The average Bonchev–Trinajstić information content (AvgIpc) is 2.67. The maximum Gasteiger partial charge on any atom is 0.416 e. The molecule has 27 heavy (non-hydrogen) atoms. The molecule has 0 saturated carbocycles. The van der Waals surface area contributed by atoms with Gasteiger partial charge in [-0.2, -0.15) is 13.2 Å².